The predicted octanol–water partition coefficient (Wildman–Crippen LogP) is -1.14. The summed E-state index contributed by atoms with van der Waals surface area (Å²) in [5, 5.41) is 13.1. The molecule has 0 aromatic rings. The van der Waals surface area contributed by atoms with Crippen LogP contribution in [0.5, 0.6) is 0 Å². The first kappa shape index (κ1) is 26.3. The van der Waals surface area contributed by atoms with Gasteiger partial charge in [-0.05, 0) is 6.92 Å². The Morgan fingerprint density at radius 1 is 0.968 bits per heavy atom. The highest BCUT2D eigenvalue weighted by atomic mass is 16.6. The van der Waals surface area contributed by atoms with E-state index in [1.165, 1.54) is 6.92 Å². The lowest BCUT2D eigenvalue weighted by Crippen LogP contribution is -2.63. The Morgan fingerprint density at radius 3 is 2.06 bits per heavy atom. The molecule has 0 radical (unpaired) electrons. The van der Waals surface area contributed by atoms with Gasteiger partial charge in [0.15, 0.2) is 12.2 Å². The second kappa shape index (κ2) is 12.2. The topological polar surface area (TPSA) is 164 Å². The number of aliphatic hydroxyl groups is 1. The minimum absolute atomic E-state index is 0.147. The van der Waals surface area contributed by atoms with Crippen LogP contribution in [0.2, 0.25) is 0 Å². The summed E-state index contributed by atoms with van der Waals surface area (Å²) in [5.74, 6) is -4.47. The normalized spacial score (nSPS) is 26.2. The van der Waals surface area contributed by atoms with Crippen molar-refractivity contribution in [3.63, 3.8) is 0 Å². The van der Waals surface area contributed by atoms with Gasteiger partial charge < -0.3 is 34.1 Å². The van der Waals surface area contributed by atoms with Crippen molar-refractivity contribution in [3.8, 4) is 0 Å². The van der Waals surface area contributed by atoms with E-state index in [9.17, 15) is 29.1 Å². The van der Waals surface area contributed by atoms with Gasteiger partial charge in [-0.2, -0.15) is 0 Å². The summed E-state index contributed by atoms with van der Waals surface area (Å²) in [6.45, 7) is 5.78. The summed E-state index contributed by atoms with van der Waals surface area (Å²) in [4.78, 5) is 58.3. The lowest BCUT2D eigenvalue weighted by molar-refractivity contribution is -0.253. The zero-order valence-electron chi connectivity index (χ0n) is 18.1. The van der Waals surface area contributed by atoms with Crippen molar-refractivity contribution in [3.05, 3.63) is 0 Å². The molecule has 0 aromatic heterocycles. The Kier molecular flexibility index (Phi) is 10.4. The van der Waals surface area contributed by atoms with Gasteiger partial charge >= 0.3 is 23.9 Å². The molecule has 1 rings (SSSR count). The van der Waals surface area contributed by atoms with E-state index in [1.54, 1.807) is 6.92 Å². The van der Waals surface area contributed by atoms with Crippen molar-refractivity contribution in [2.45, 2.75) is 65.1 Å². The number of carbonyl (C=O) groups excluding carboxylic acids is 5. The molecule has 0 spiro atoms. The molecule has 0 saturated carbocycles. The summed E-state index contributed by atoms with van der Waals surface area (Å²) in [5.41, 5.74) is 0. The molecular weight excluding hydrogens is 418 g/mol. The standard InChI is InChI=1S/C19H29NO11/c1-6-27-14(24)7-20-19(26)9(2)16-15(25)18(30-12(5)23)17(29-11(4)22)13(31-16)8-28-10(3)21/h9,13,15-18,25H,6-8H2,1-5H3,(H,20,26)/t9?,13-,15+,16?,17-,18-/m1/s1. The molecule has 31 heavy (non-hydrogen) atoms. The molecule has 2 N–H and O–H groups in total. The number of nitrogens with one attached hydrogen (secondary N) is 1. The molecule has 6 atom stereocenters. The van der Waals surface area contributed by atoms with E-state index in [-0.39, 0.29) is 19.8 Å². The van der Waals surface area contributed by atoms with Gasteiger partial charge in [-0.15, -0.1) is 0 Å². The molecule has 12 heteroatoms. The molecule has 1 amide bonds. The van der Waals surface area contributed by atoms with Gasteiger partial charge in [-0.3, -0.25) is 24.0 Å². The van der Waals surface area contributed by atoms with Crippen LogP contribution in [0.1, 0.15) is 34.6 Å². The van der Waals surface area contributed by atoms with Crippen molar-refractivity contribution in [2.75, 3.05) is 19.8 Å². The molecule has 176 valence electrons. The molecule has 0 aliphatic carbocycles. The SMILES string of the molecule is CCOC(=O)CNC(=O)C(C)C1O[C@H](COC(C)=O)[C@@H](OC(C)=O)[C@H](OC(C)=O)[C@H]1O. The third-order valence-corrected chi connectivity index (χ3v) is 4.37. The van der Waals surface area contributed by atoms with E-state index in [2.05, 4.69) is 5.32 Å². The number of aliphatic hydroxyl groups excluding tert-OH is 1. The maximum Gasteiger partial charge on any atom is 0.325 e. The maximum absolute atomic E-state index is 12.5. The van der Waals surface area contributed by atoms with Crippen LogP contribution in [0.4, 0.5) is 0 Å². The smallest absolute Gasteiger partial charge is 0.325 e. The molecule has 1 fully saturated rings. The first-order valence-electron chi connectivity index (χ1n) is 9.72. The molecule has 1 heterocycles. The van der Waals surface area contributed by atoms with E-state index in [1.807, 2.05) is 0 Å². The molecule has 1 aliphatic rings. The number of rotatable bonds is 9. The van der Waals surface area contributed by atoms with E-state index in [4.69, 9.17) is 23.7 Å². The zero-order valence-corrected chi connectivity index (χ0v) is 18.1. The number of hydrogen-bond donors (Lipinski definition) is 2. The van der Waals surface area contributed by atoms with E-state index >= 15 is 0 Å². The van der Waals surface area contributed by atoms with Gasteiger partial charge in [0.1, 0.15) is 25.4 Å². The van der Waals surface area contributed by atoms with Crippen molar-refractivity contribution in [1.82, 2.24) is 5.32 Å². The minimum atomic E-state index is -1.56. The third kappa shape index (κ3) is 8.13. The van der Waals surface area contributed by atoms with E-state index < -0.39 is 66.2 Å². The fraction of sp³-hybridized carbons (Fsp3) is 0.737. The Balaban J connectivity index is 3.09. The van der Waals surface area contributed by atoms with Crippen LogP contribution < -0.4 is 5.32 Å². The van der Waals surface area contributed by atoms with Crippen LogP contribution in [-0.2, 0) is 47.7 Å². The molecule has 2 unspecified atom stereocenters. The van der Waals surface area contributed by atoms with Crippen molar-refractivity contribution >= 4 is 29.8 Å². The highest BCUT2D eigenvalue weighted by Gasteiger charge is 2.52. The van der Waals surface area contributed by atoms with Crippen LogP contribution in [0.25, 0.3) is 0 Å². The quantitative estimate of drug-likeness (QED) is 0.324. The summed E-state index contributed by atoms with van der Waals surface area (Å²) < 4.78 is 25.7. The highest BCUT2D eigenvalue weighted by molar-refractivity contribution is 5.83. The van der Waals surface area contributed by atoms with Gasteiger partial charge in [-0.1, -0.05) is 6.92 Å². The number of carbonyl (C=O) groups is 5. The molecule has 1 aliphatic heterocycles. The zero-order chi connectivity index (χ0) is 23.7. The van der Waals surface area contributed by atoms with E-state index in [0.717, 1.165) is 20.8 Å². The molecule has 0 aromatic carbocycles. The predicted molar refractivity (Wildman–Crippen MR) is 101 cm³/mol. The molecule has 12 nitrogen and oxygen atoms in total. The first-order chi connectivity index (χ1) is 14.5. The Morgan fingerprint density at radius 2 is 1.55 bits per heavy atom. The third-order valence-electron chi connectivity index (χ3n) is 4.37. The van der Waals surface area contributed by atoms with Crippen molar-refractivity contribution < 1.29 is 52.8 Å². The monoisotopic (exact) mass is 447 g/mol. The van der Waals surface area contributed by atoms with Gasteiger partial charge in [0.25, 0.3) is 0 Å². The van der Waals surface area contributed by atoms with Crippen molar-refractivity contribution in [1.29, 1.82) is 0 Å². The van der Waals surface area contributed by atoms with Crippen LogP contribution in [0, 0.1) is 5.92 Å². The van der Waals surface area contributed by atoms with Gasteiger partial charge in [0, 0.05) is 20.8 Å². The Hall–Kier alpha value is -2.73. The summed E-state index contributed by atoms with van der Waals surface area (Å²) in [6, 6.07) is 0. The largest absolute Gasteiger partial charge is 0.465 e. The van der Waals surface area contributed by atoms with Crippen LogP contribution in [0.15, 0.2) is 0 Å². The van der Waals surface area contributed by atoms with Gasteiger partial charge in [-0.25, -0.2) is 0 Å². The number of ether oxygens (including phenoxy) is 5. The fourth-order valence-corrected chi connectivity index (χ4v) is 3.04. The Labute approximate surface area is 179 Å². The lowest BCUT2D eigenvalue weighted by Gasteiger charge is -2.44. The Bertz CT molecular complexity index is 680. The maximum atomic E-state index is 12.5. The highest BCUT2D eigenvalue weighted by Crippen LogP contribution is 2.30. The first-order valence-corrected chi connectivity index (χ1v) is 9.72. The summed E-state index contributed by atoms with van der Waals surface area (Å²) in [7, 11) is 0. The van der Waals surface area contributed by atoms with Gasteiger partial charge in [0.2, 0.25) is 5.91 Å². The number of hydrogen-bond acceptors (Lipinski definition) is 11. The second-order valence-electron chi connectivity index (χ2n) is 6.89. The number of amides is 1. The molecule has 0 bridgehead atoms. The van der Waals surface area contributed by atoms with Crippen LogP contribution >= 0.6 is 0 Å². The van der Waals surface area contributed by atoms with Gasteiger partial charge in [0.05, 0.1) is 18.6 Å². The average molecular weight is 447 g/mol. The van der Waals surface area contributed by atoms with Crippen LogP contribution in [-0.4, -0.2) is 85.2 Å². The summed E-state index contributed by atoms with van der Waals surface area (Å²) >= 11 is 0. The lowest BCUT2D eigenvalue weighted by atomic mass is 9.88. The molecular formula is C19H29NO11. The minimum Gasteiger partial charge on any atom is -0.465 e. The fourth-order valence-electron chi connectivity index (χ4n) is 3.04. The number of esters is 4. The summed E-state index contributed by atoms with van der Waals surface area (Å²) in [6.07, 6.45) is -6.61. The molecule has 1 saturated heterocycles. The van der Waals surface area contributed by atoms with Crippen LogP contribution in [0.3, 0.4) is 0 Å². The second-order valence-corrected chi connectivity index (χ2v) is 6.89. The van der Waals surface area contributed by atoms with E-state index in [0.29, 0.717) is 0 Å². The average Bonchev–Trinajstić information content (AvgIpc) is 2.67. The van der Waals surface area contributed by atoms with Crippen molar-refractivity contribution in [2.24, 2.45) is 5.92 Å².